The van der Waals surface area contributed by atoms with Crippen LogP contribution in [0, 0.1) is 20.8 Å². The molecule has 0 heterocycles. The van der Waals surface area contributed by atoms with Gasteiger partial charge in [-0.1, -0.05) is 40.9 Å². The van der Waals surface area contributed by atoms with Crippen LogP contribution < -0.4 is 10.0 Å². The average molecular weight is 401 g/mol. The van der Waals surface area contributed by atoms with Crippen molar-refractivity contribution in [2.24, 2.45) is 0 Å². The Labute approximate surface area is 157 Å². The molecule has 1 amide bonds. The van der Waals surface area contributed by atoms with Gasteiger partial charge in [0.15, 0.2) is 0 Å². The summed E-state index contributed by atoms with van der Waals surface area (Å²) in [5, 5.41) is 3.00. The number of anilines is 1. The highest BCUT2D eigenvalue weighted by Crippen LogP contribution is 2.25. The summed E-state index contributed by atoms with van der Waals surface area (Å²) in [6, 6.07) is 7.99. The molecule has 2 aromatic carbocycles. The van der Waals surface area contributed by atoms with Gasteiger partial charge in [0.1, 0.15) is 4.90 Å². The molecule has 0 radical (unpaired) electrons. The first-order valence-corrected chi connectivity index (χ1v) is 9.66. The number of carbonyl (C=O) groups excluding carboxylic acids is 1. The van der Waals surface area contributed by atoms with E-state index in [1.54, 1.807) is 0 Å². The maximum absolute atomic E-state index is 12.3. The molecule has 5 nitrogen and oxygen atoms in total. The molecule has 0 aromatic heterocycles. The first-order valence-electron chi connectivity index (χ1n) is 7.42. The number of sulfonamides is 1. The van der Waals surface area contributed by atoms with E-state index in [1.807, 2.05) is 32.9 Å². The van der Waals surface area contributed by atoms with Crippen LogP contribution in [0.5, 0.6) is 0 Å². The van der Waals surface area contributed by atoms with Crippen molar-refractivity contribution in [3.8, 4) is 0 Å². The van der Waals surface area contributed by atoms with Crippen LogP contribution in [0.15, 0.2) is 35.2 Å². The maximum Gasteiger partial charge on any atom is 0.242 e. The highest BCUT2D eigenvalue weighted by Gasteiger charge is 2.20. The standard InChI is InChI=1S/C17H18Cl2N2O3S/c1-10-6-11(2)17(12(3)7-10)21-16(22)9-20-25(23,24)15-8-13(18)4-5-14(15)19/h4-8,20H,9H2,1-3H3,(H,21,22). The first-order chi connectivity index (χ1) is 11.6. The summed E-state index contributed by atoms with van der Waals surface area (Å²) < 4.78 is 26.8. The fraction of sp³-hybridized carbons (Fsp3) is 0.235. The second-order valence-corrected chi connectivity index (χ2v) is 8.30. The topological polar surface area (TPSA) is 75.3 Å². The smallest absolute Gasteiger partial charge is 0.242 e. The molecule has 8 heteroatoms. The van der Waals surface area contributed by atoms with Gasteiger partial charge in [0.2, 0.25) is 15.9 Å². The zero-order chi connectivity index (χ0) is 18.8. The molecular weight excluding hydrogens is 383 g/mol. The van der Waals surface area contributed by atoms with E-state index in [0.717, 1.165) is 16.7 Å². The van der Waals surface area contributed by atoms with Gasteiger partial charge >= 0.3 is 0 Å². The molecule has 0 fully saturated rings. The third kappa shape index (κ3) is 4.95. The number of hydrogen-bond donors (Lipinski definition) is 2. The van der Waals surface area contributed by atoms with E-state index in [4.69, 9.17) is 23.2 Å². The van der Waals surface area contributed by atoms with Gasteiger partial charge in [-0.2, -0.15) is 0 Å². The maximum atomic E-state index is 12.3. The number of carbonyl (C=O) groups is 1. The second-order valence-electron chi connectivity index (χ2n) is 5.72. The minimum atomic E-state index is -3.95. The highest BCUT2D eigenvalue weighted by molar-refractivity contribution is 7.89. The summed E-state index contributed by atoms with van der Waals surface area (Å²) in [5.41, 5.74) is 3.58. The van der Waals surface area contributed by atoms with Crippen molar-refractivity contribution in [1.29, 1.82) is 0 Å². The predicted octanol–water partition coefficient (Wildman–Crippen LogP) is 3.84. The molecule has 2 rings (SSSR count). The van der Waals surface area contributed by atoms with E-state index in [2.05, 4.69) is 10.0 Å². The lowest BCUT2D eigenvalue weighted by atomic mass is 10.1. The van der Waals surface area contributed by atoms with Crippen LogP contribution in [0.4, 0.5) is 5.69 Å². The molecule has 2 aromatic rings. The zero-order valence-corrected chi connectivity index (χ0v) is 16.3. The van der Waals surface area contributed by atoms with E-state index in [-0.39, 0.29) is 14.9 Å². The SMILES string of the molecule is Cc1cc(C)c(NC(=O)CNS(=O)(=O)c2cc(Cl)ccc2Cl)c(C)c1. The normalized spacial score (nSPS) is 11.4. The Hall–Kier alpha value is -1.60. The molecule has 0 aliphatic carbocycles. The number of benzene rings is 2. The lowest BCUT2D eigenvalue weighted by Gasteiger charge is -2.13. The summed E-state index contributed by atoms with van der Waals surface area (Å²) in [4.78, 5) is 12.0. The molecule has 0 bridgehead atoms. The molecule has 0 atom stereocenters. The lowest BCUT2D eigenvalue weighted by Crippen LogP contribution is -2.33. The number of aryl methyl sites for hydroxylation is 3. The van der Waals surface area contributed by atoms with Gasteiger partial charge in [0, 0.05) is 10.7 Å². The lowest BCUT2D eigenvalue weighted by molar-refractivity contribution is -0.115. The van der Waals surface area contributed by atoms with E-state index in [0.29, 0.717) is 5.69 Å². The van der Waals surface area contributed by atoms with Crippen LogP contribution in [-0.2, 0) is 14.8 Å². The molecule has 2 N–H and O–H groups in total. The zero-order valence-electron chi connectivity index (χ0n) is 14.0. The summed E-state index contributed by atoms with van der Waals surface area (Å²) in [6.45, 7) is 5.31. The second kappa shape index (κ2) is 7.74. The quantitative estimate of drug-likeness (QED) is 0.800. The Morgan fingerprint density at radius 1 is 1.04 bits per heavy atom. The van der Waals surface area contributed by atoms with Gasteiger partial charge in [-0.15, -0.1) is 0 Å². The van der Waals surface area contributed by atoms with Crippen LogP contribution in [0.2, 0.25) is 10.0 Å². The van der Waals surface area contributed by atoms with Crippen molar-refractivity contribution < 1.29 is 13.2 Å². The Morgan fingerprint density at radius 3 is 2.24 bits per heavy atom. The fourth-order valence-electron chi connectivity index (χ4n) is 2.48. The Morgan fingerprint density at radius 2 is 1.64 bits per heavy atom. The Bertz CT molecular complexity index is 904. The van der Waals surface area contributed by atoms with Crippen LogP contribution in [0.3, 0.4) is 0 Å². The summed E-state index contributed by atoms with van der Waals surface area (Å²) in [6.07, 6.45) is 0. The predicted molar refractivity (Wildman–Crippen MR) is 101 cm³/mol. The highest BCUT2D eigenvalue weighted by atomic mass is 35.5. The van der Waals surface area contributed by atoms with Gasteiger partial charge in [0.05, 0.1) is 11.6 Å². The minimum Gasteiger partial charge on any atom is -0.324 e. The molecule has 0 spiro atoms. The molecule has 0 aliphatic rings. The van der Waals surface area contributed by atoms with E-state index >= 15 is 0 Å². The summed E-state index contributed by atoms with van der Waals surface area (Å²) in [5.74, 6) is -0.475. The van der Waals surface area contributed by atoms with Gasteiger partial charge < -0.3 is 5.32 Å². The van der Waals surface area contributed by atoms with Crippen LogP contribution in [0.1, 0.15) is 16.7 Å². The largest absolute Gasteiger partial charge is 0.324 e. The summed E-state index contributed by atoms with van der Waals surface area (Å²) in [7, 11) is -3.95. The molecule has 0 unspecified atom stereocenters. The fourth-order valence-corrected chi connectivity index (χ4v) is 4.22. The first kappa shape index (κ1) is 19.7. The van der Waals surface area contributed by atoms with Crippen LogP contribution in [-0.4, -0.2) is 20.9 Å². The molecule has 0 saturated carbocycles. The van der Waals surface area contributed by atoms with Gasteiger partial charge in [-0.05, 0) is 50.1 Å². The molecule has 25 heavy (non-hydrogen) atoms. The number of hydrogen-bond acceptors (Lipinski definition) is 3. The molecule has 134 valence electrons. The van der Waals surface area contributed by atoms with Crippen molar-refractivity contribution >= 4 is 44.8 Å². The van der Waals surface area contributed by atoms with E-state index in [9.17, 15) is 13.2 Å². The molecular formula is C17H18Cl2N2O3S. The Balaban J connectivity index is 2.11. The van der Waals surface area contributed by atoms with Crippen molar-refractivity contribution in [2.45, 2.75) is 25.7 Å². The van der Waals surface area contributed by atoms with E-state index < -0.39 is 22.5 Å². The number of amides is 1. The van der Waals surface area contributed by atoms with Crippen molar-refractivity contribution in [3.05, 3.63) is 57.1 Å². The van der Waals surface area contributed by atoms with Crippen molar-refractivity contribution in [2.75, 3.05) is 11.9 Å². The monoisotopic (exact) mass is 400 g/mol. The van der Waals surface area contributed by atoms with Crippen molar-refractivity contribution in [3.63, 3.8) is 0 Å². The average Bonchev–Trinajstić information content (AvgIpc) is 2.51. The van der Waals surface area contributed by atoms with Crippen LogP contribution in [0.25, 0.3) is 0 Å². The summed E-state index contributed by atoms with van der Waals surface area (Å²) >= 11 is 11.7. The number of rotatable bonds is 5. The minimum absolute atomic E-state index is 0.0301. The van der Waals surface area contributed by atoms with Gasteiger partial charge in [-0.3, -0.25) is 4.79 Å². The molecule has 0 aliphatic heterocycles. The number of halogens is 2. The third-order valence-electron chi connectivity index (χ3n) is 3.55. The number of nitrogens with one attached hydrogen (secondary N) is 2. The van der Waals surface area contributed by atoms with Crippen LogP contribution >= 0.6 is 23.2 Å². The third-order valence-corrected chi connectivity index (χ3v) is 5.66. The van der Waals surface area contributed by atoms with Gasteiger partial charge in [-0.25, -0.2) is 13.1 Å². The molecule has 0 saturated heterocycles. The van der Waals surface area contributed by atoms with Gasteiger partial charge in [0.25, 0.3) is 0 Å². The van der Waals surface area contributed by atoms with E-state index in [1.165, 1.54) is 18.2 Å². The Kier molecular flexibility index (Phi) is 6.11. The van der Waals surface area contributed by atoms with Crippen molar-refractivity contribution in [1.82, 2.24) is 4.72 Å².